The summed E-state index contributed by atoms with van der Waals surface area (Å²) >= 11 is 0. The number of hydrogen-bond acceptors (Lipinski definition) is 3. The number of carbonyl (C=O) groups is 2. The van der Waals surface area contributed by atoms with Crippen molar-refractivity contribution in [2.45, 2.75) is 12.5 Å². The van der Waals surface area contributed by atoms with Gasteiger partial charge in [0.05, 0.1) is 5.69 Å². The number of anilines is 1. The third kappa shape index (κ3) is 4.51. The van der Waals surface area contributed by atoms with Crippen molar-refractivity contribution in [1.82, 2.24) is 5.32 Å². The number of carboxylic acids is 1. The summed E-state index contributed by atoms with van der Waals surface area (Å²) < 4.78 is 26.0. The van der Waals surface area contributed by atoms with Gasteiger partial charge in [0.1, 0.15) is 0 Å². The number of aliphatic hydroxyl groups is 1. The van der Waals surface area contributed by atoms with Crippen LogP contribution in [0.25, 0.3) is 0 Å². The molecule has 0 saturated carbocycles. The molecule has 0 bridgehead atoms. The van der Waals surface area contributed by atoms with Gasteiger partial charge in [-0.05, 0) is 12.1 Å². The van der Waals surface area contributed by atoms with E-state index >= 15 is 0 Å². The summed E-state index contributed by atoms with van der Waals surface area (Å²) in [5.74, 6) is -3.69. The number of urea groups is 1. The Balaban J connectivity index is 2.43. The molecule has 0 aromatic heterocycles. The minimum absolute atomic E-state index is 0.129. The number of halogens is 2. The quantitative estimate of drug-likeness (QED) is 0.641. The van der Waals surface area contributed by atoms with Gasteiger partial charge in [0, 0.05) is 13.0 Å². The Kier molecular flexibility index (Phi) is 5.19. The number of carbonyl (C=O) groups excluding carboxylic acids is 1. The van der Waals surface area contributed by atoms with Crippen LogP contribution < -0.4 is 10.6 Å². The molecule has 0 heterocycles. The number of amides is 2. The summed E-state index contributed by atoms with van der Waals surface area (Å²) in [5.41, 5.74) is -0.337. The van der Waals surface area contributed by atoms with Crippen LogP contribution in [-0.2, 0) is 4.79 Å². The molecule has 4 N–H and O–H groups in total. The molecule has 1 aromatic carbocycles. The molecular formula is C11H12F2N2O4. The maximum atomic E-state index is 13.2. The van der Waals surface area contributed by atoms with Gasteiger partial charge >= 0.3 is 12.0 Å². The third-order valence-corrected chi connectivity index (χ3v) is 2.19. The Bertz CT molecular complexity index is 482. The number of benzene rings is 1. The molecule has 1 atom stereocenters. The smallest absolute Gasteiger partial charge is 0.332 e. The van der Waals surface area contributed by atoms with Gasteiger partial charge in [0.15, 0.2) is 17.7 Å². The van der Waals surface area contributed by atoms with E-state index in [1.54, 1.807) is 0 Å². The van der Waals surface area contributed by atoms with Crippen molar-refractivity contribution >= 4 is 17.7 Å². The average molecular weight is 274 g/mol. The molecule has 2 amide bonds. The molecule has 1 aromatic rings. The lowest BCUT2D eigenvalue weighted by molar-refractivity contribution is -0.146. The number of aliphatic carboxylic acids is 1. The Labute approximate surface area is 107 Å². The van der Waals surface area contributed by atoms with Gasteiger partial charge in [-0.2, -0.15) is 0 Å². The number of carboxylic acid groups (broad SMARTS) is 1. The van der Waals surface area contributed by atoms with Gasteiger partial charge in [0.2, 0.25) is 0 Å². The summed E-state index contributed by atoms with van der Waals surface area (Å²) in [6, 6.07) is 2.47. The van der Waals surface area contributed by atoms with Crippen molar-refractivity contribution < 1.29 is 28.6 Å². The molecule has 19 heavy (non-hydrogen) atoms. The van der Waals surface area contributed by atoms with E-state index in [1.165, 1.54) is 12.1 Å². The zero-order chi connectivity index (χ0) is 14.4. The van der Waals surface area contributed by atoms with Gasteiger partial charge in [0.25, 0.3) is 0 Å². The molecule has 0 spiro atoms. The summed E-state index contributed by atoms with van der Waals surface area (Å²) in [6.07, 6.45) is -1.79. The normalized spacial score (nSPS) is 11.7. The van der Waals surface area contributed by atoms with Gasteiger partial charge in [-0.25, -0.2) is 18.4 Å². The van der Waals surface area contributed by atoms with Crippen molar-refractivity contribution in [2.75, 3.05) is 11.9 Å². The van der Waals surface area contributed by atoms with E-state index in [1.807, 2.05) is 0 Å². The second-order valence-corrected chi connectivity index (χ2v) is 3.62. The van der Waals surface area contributed by atoms with Crippen LogP contribution in [0.4, 0.5) is 19.3 Å². The van der Waals surface area contributed by atoms with E-state index in [0.29, 0.717) is 0 Å². The minimum atomic E-state index is -1.59. The SMILES string of the molecule is O=C(NCC[C@H](O)C(=O)O)Nc1cccc(F)c1F. The summed E-state index contributed by atoms with van der Waals surface area (Å²) in [4.78, 5) is 21.6. The van der Waals surface area contributed by atoms with Crippen LogP contribution in [0.5, 0.6) is 0 Å². The first-order valence-electron chi connectivity index (χ1n) is 5.31. The summed E-state index contributed by atoms with van der Waals surface area (Å²) in [6.45, 7) is -0.129. The van der Waals surface area contributed by atoms with E-state index in [-0.39, 0.29) is 18.7 Å². The van der Waals surface area contributed by atoms with Crippen molar-refractivity contribution in [3.05, 3.63) is 29.8 Å². The van der Waals surface area contributed by atoms with E-state index in [4.69, 9.17) is 10.2 Å². The summed E-state index contributed by atoms with van der Waals surface area (Å²) in [5, 5.41) is 21.6. The molecular weight excluding hydrogens is 262 g/mol. The first-order valence-corrected chi connectivity index (χ1v) is 5.31. The maximum absolute atomic E-state index is 13.2. The zero-order valence-corrected chi connectivity index (χ0v) is 9.69. The largest absolute Gasteiger partial charge is 0.479 e. The number of aliphatic hydroxyl groups excluding tert-OH is 1. The highest BCUT2D eigenvalue weighted by Gasteiger charge is 2.14. The zero-order valence-electron chi connectivity index (χ0n) is 9.69. The second kappa shape index (κ2) is 6.64. The van der Waals surface area contributed by atoms with Crippen LogP contribution >= 0.6 is 0 Å². The Hall–Kier alpha value is -2.22. The number of hydrogen-bond donors (Lipinski definition) is 4. The molecule has 104 valence electrons. The Morgan fingerprint density at radius 1 is 1.32 bits per heavy atom. The molecule has 0 aliphatic rings. The van der Waals surface area contributed by atoms with Crippen LogP contribution in [0.15, 0.2) is 18.2 Å². The van der Waals surface area contributed by atoms with Crippen molar-refractivity contribution in [3.63, 3.8) is 0 Å². The van der Waals surface area contributed by atoms with Crippen molar-refractivity contribution in [3.8, 4) is 0 Å². The van der Waals surface area contributed by atoms with Crippen LogP contribution in [0.1, 0.15) is 6.42 Å². The molecule has 0 radical (unpaired) electrons. The standard InChI is InChI=1S/C11H12F2N2O4/c12-6-2-1-3-7(9(6)13)15-11(19)14-5-4-8(16)10(17)18/h1-3,8,16H,4-5H2,(H,17,18)(H2,14,15,19)/t8-/m0/s1. The number of nitrogens with one attached hydrogen (secondary N) is 2. The molecule has 0 aliphatic carbocycles. The predicted octanol–water partition coefficient (Wildman–Crippen LogP) is 0.922. The monoisotopic (exact) mass is 274 g/mol. The lowest BCUT2D eigenvalue weighted by Gasteiger charge is -2.09. The average Bonchev–Trinajstić information content (AvgIpc) is 2.34. The fourth-order valence-electron chi connectivity index (χ4n) is 1.21. The topological polar surface area (TPSA) is 98.7 Å². The molecule has 1 rings (SSSR count). The lowest BCUT2D eigenvalue weighted by Crippen LogP contribution is -2.33. The summed E-state index contributed by atoms with van der Waals surface area (Å²) in [7, 11) is 0. The number of rotatable bonds is 5. The van der Waals surface area contributed by atoms with Crippen LogP contribution in [0.3, 0.4) is 0 Å². The van der Waals surface area contributed by atoms with Gasteiger partial charge < -0.3 is 20.8 Å². The fraction of sp³-hybridized carbons (Fsp3) is 0.273. The highest BCUT2D eigenvalue weighted by molar-refractivity contribution is 5.89. The van der Waals surface area contributed by atoms with E-state index in [9.17, 15) is 18.4 Å². The molecule has 0 fully saturated rings. The van der Waals surface area contributed by atoms with Gasteiger partial charge in [-0.1, -0.05) is 6.07 Å². The fourth-order valence-corrected chi connectivity index (χ4v) is 1.21. The minimum Gasteiger partial charge on any atom is -0.479 e. The molecule has 0 saturated heterocycles. The molecule has 0 aliphatic heterocycles. The van der Waals surface area contributed by atoms with Crippen LogP contribution in [-0.4, -0.2) is 34.9 Å². The Morgan fingerprint density at radius 2 is 2.00 bits per heavy atom. The first kappa shape index (κ1) is 14.8. The lowest BCUT2D eigenvalue weighted by atomic mass is 10.2. The highest BCUT2D eigenvalue weighted by atomic mass is 19.2. The maximum Gasteiger partial charge on any atom is 0.332 e. The predicted molar refractivity (Wildman–Crippen MR) is 61.6 cm³/mol. The van der Waals surface area contributed by atoms with Gasteiger partial charge in [-0.15, -0.1) is 0 Å². The van der Waals surface area contributed by atoms with E-state index < -0.39 is 29.7 Å². The van der Waals surface area contributed by atoms with E-state index in [2.05, 4.69) is 10.6 Å². The Morgan fingerprint density at radius 3 is 2.63 bits per heavy atom. The molecule has 0 unspecified atom stereocenters. The van der Waals surface area contributed by atoms with Crippen LogP contribution in [0, 0.1) is 11.6 Å². The third-order valence-electron chi connectivity index (χ3n) is 2.19. The van der Waals surface area contributed by atoms with Crippen molar-refractivity contribution in [2.24, 2.45) is 0 Å². The van der Waals surface area contributed by atoms with Crippen molar-refractivity contribution in [1.29, 1.82) is 0 Å². The molecule has 8 heteroatoms. The molecule has 6 nitrogen and oxygen atoms in total. The first-order chi connectivity index (χ1) is 8.91. The second-order valence-electron chi connectivity index (χ2n) is 3.62. The van der Waals surface area contributed by atoms with Crippen LogP contribution in [0.2, 0.25) is 0 Å². The van der Waals surface area contributed by atoms with Gasteiger partial charge in [-0.3, -0.25) is 0 Å². The van der Waals surface area contributed by atoms with E-state index in [0.717, 1.165) is 6.07 Å². The highest BCUT2D eigenvalue weighted by Crippen LogP contribution is 2.16.